The third-order valence-corrected chi connectivity index (χ3v) is 4.18. The lowest BCUT2D eigenvalue weighted by Crippen LogP contribution is -1.87. The Bertz CT molecular complexity index is 491. The fraction of sp³-hybridized carbons (Fsp3) is 0.333. The third kappa shape index (κ3) is 5.03. The number of rotatable bonds is 5. The van der Waals surface area contributed by atoms with Gasteiger partial charge in [0.15, 0.2) is 0 Å². The van der Waals surface area contributed by atoms with Gasteiger partial charge in [-0.2, -0.15) is 0 Å². The summed E-state index contributed by atoms with van der Waals surface area (Å²) in [4.78, 5) is 2.72. The Morgan fingerprint density at radius 2 is 1.55 bits per heavy atom. The highest BCUT2D eigenvalue weighted by molar-refractivity contribution is 7.99. The van der Waals surface area contributed by atoms with E-state index in [1.165, 1.54) is 27.3 Å². The van der Waals surface area contributed by atoms with Gasteiger partial charge in [0.2, 0.25) is 0 Å². The summed E-state index contributed by atoms with van der Waals surface area (Å²) in [6.07, 6.45) is 3.47. The lowest BCUT2D eigenvalue weighted by Gasteiger charge is -2.08. The first-order valence-corrected chi connectivity index (χ1v) is 7.94. The summed E-state index contributed by atoms with van der Waals surface area (Å²) in [7, 11) is 1.00. The fourth-order valence-electron chi connectivity index (χ4n) is 2.00. The number of aliphatic hydroxyl groups excluding tert-OH is 1. The standard InChI is InChI=1S/C17H20S.CH4O/c1-3-7-15-8-5-6-9-17(15)18-16-12-10-14(4-2)11-13-16;1-2/h5-6,8-13H,3-4,7H2,1-2H3;2H,1H3. The summed E-state index contributed by atoms with van der Waals surface area (Å²) in [6, 6.07) is 17.6. The molecule has 0 fully saturated rings. The number of aliphatic hydroxyl groups is 1. The Kier molecular flexibility index (Phi) is 8.08. The normalized spacial score (nSPS) is 9.80. The number of aryl methyl sites for hydroxylation is 2. The molecule has 2 heteroatoms. The average Bonchev–Trinajstić information content (AvgIpc) is 2.52. The molecule has 20 heavy (non-hydrogen) atoms. The van der Waals surface area contributed by atoms with Gasteiger partial charge in [-0.3, -0.25) is 0 Å². The van der Waals surface area contributed by atoms with Crippen molar-refractivity contribution < 1.29 is 5.11 Å². The third-order valence-electron chi connectivity index (χ3n) is 3.05. The van der Waals surface area contributed by atoms with Crippen LogP contribution in [0.3, 0.4) is 0 Å². The Labute approximate surface area is 127 Å². The highest BCUT2D eigenvalue weighted by Gasteiger charge is 2.03. The van der Waals surface area contributed by atoms with E-state index in [4.69, 9.17) is 5.11 Å². The summed E-state index contributed by atoms with van der Waals surface area (Å²) in [5, 5.41) is 7.00. The van der Waals surface area contributed by atoms with Crippen molar-refractivity contribution in [1.82, 2.24) is 0 Å². The van der Waals surface area contributed by atoms with Gasteiger partial charge in [-0.05, 0) is 42.2 Å². The molecule has 0 amide bonds. The summed E-state index contributed by atoms with van der Waals surface area (Å²) in [6.45, 7) is 4.43. The van der Waals surface area contributed by atoms with Crippen molar-refractivity contribution in [2.45, 2.75) is 42.9 Å². The van der Waals surface area contributed by atoms with E-state index < -0.39 is 0 Å². The molecule has 0 saturated carbocycles. The summed E-state index contributed by atoms with van der Waals surface area (Å²) < 4.78 is 0. The summed E-state index contributed by atoms with van der Waals surface area (Å²) >= 11 is 1.87. The minimum atomic E-state index is 1.00. The summed E-state index contributed by atoms with van der Waals surface area (Å²) in [5.74, 6) is 0. The van der Waals surface area contributed by atoms with Crippen molar-refractivity contribution in [3.8, 4) is 0 Å². The molecular weight excluding hydrogens is 264 g/mol. The van der Waals surface area contributed by atoms with E-state index in [0.29, 0.717) is 0 Å². The molecule has 1 nitrogen and oxygen atoms in total. The second-order valence-electron chi connectivity index (χ2n) is 4.46. The van der Waals surface area contributed by atoms with Crippen LogP contribution in [-0.4, -0.2) is 12.2 Å². The van der Waals surface area contributed by atoms with Crippen molar-refractivity contribution in [2.24, 2.45) is 0 Å². The van der Waals surface area contributed by atoms with Crippen LogP contribution in [0, 0.1) is 0 Å². The van der Waals surface area contributed by atoms with E-state index in [-0.39, 0.29) is 0 Å². The molecule has 0 aliphatic rings. The number of hydrogen-bond donors (Lipinski definition) is 1. The quantitative estimate of drug-likeness (QED) is 0.839. The molecule has 108 valence electrons. The van der Waals surface area contributed by atoms with Gasteiger partial charge in [0, 0.05) is 16.9 Å². The van der Waals surface area contributed by atoms with Crippen molar-refractivity contribution in [2.75, 3.05) is 7.11 Å². The maximum atomic E-state index is 7.00. The Hall–Kier alpha value is -1.25. The molecule has 0 aliphatic heterocycles. The topological polar surface area (TPSA) is 20.2 Å². The molecule has 0 radical (unpaired) electrons. The van der Waals surface area contributed by atoms with Crippen molar-refractivity contribution >= 4 is 11.8 Å². The molecule has 2 rings (SSSR count). The van der Waals surface area contributed by atoms with Gasteiger partial charge in [0.05, 0.1) is 0 Å². The van der Waals surface area contributed by atoms with Crippen LogP contribution >= 0.6 is 11.8 Å². The smallest absolute Gasteiger partial charge is 0.0319 e. The van der Waals surface area contributed by atoms with Crippen LogP contribution in [0.4, 0.5) is 0 Å². The lowest BCUT2D eigenvalue weighted by atomic mass is 10.1. The van der Waals surface area contributed by atoms with Crippen LogP contribution in [0.1, 0.15) is 31.4 Å². The number of benzene rings is 2. The predicted octanol–water partition coefficient (Wildman–Crippen LogP) is 4.96. The molecular formula is C18H24OS. The molecule has 0 unspecified atom stereocenters. The molecule has 0 aromatic heterocycles. The molecule has 0 heterocycles. The van der Waals surface area contributed by atoms with Crippen molar-refractivity contribution in [3.63, 3.8) is 0 Å². The minimum Gasteiger partial charge on any atom is -0.400 e. The van der Waals surface area contributed by atoms with Crippen LogP contribution < -0.4 is 0 Å². The highest BCUT2D eigenvalue weighted by Crippen LogP contribution is 2.31. The molecule has 0 atom stereocenters. The second-order valence-corrected chi connectivity index (χ2v) is 5.57. The van der Waals surface area contributed by atoms with Crippen LogP contribution in [-0.2, 0) is 12.8 Å². The first kappa shape index (κ1) is 16.8. The van der Waals surface area contributed by atoms with Gasteiger partial charge in [-0.25, -0.2) is 0 Å². The van der Waals surface area contributed by atoms with Gasteiger partial charge in [0.1, 0.15) is 0 Å². The largest absolute Gasteiger partial charge is 0.400 e. The second kappa shape index (κ2) is 9.62. The zero-order valence-corrected chi connectivity index (χ0v) is 13.4. The van der Waals surface area contributed by atoms with Crippen LogP contribution in [0.15, 0.2) is 58.3 Å². The van der Waals surface area contributed by atoms with Gasteiger partial charge in [-0.1, -0.05) is 62.4 Å². The number of hydrogen-bond acceptors (Lipinski definition) is 2. The fourth-order valence-corrected chi connectivity index (χ4v) is 2.97. The van der Waals surface area contributed by atoms with E-state index >= 15 is 0 Å². The Morgan fingerprint density at radius 3 is 2.15 bits per heavy atom. The van der Waals surface area contributed by atoms with E-state index in [2.05, 4.69) is 62.4 Å². The van der Waals surface area contributed by atoms with E-state index in [0.717, 1.165) is 20.0 Å². The van der Waals surface area contributed by atoms with Crippen LogP contribution in [0.25, 0.3) is 0 Å². The van der Waals surface area contributed by atoms with Crippen molar-refractivity contribution in [3.05, 3.63) is 59.7 Å². The van der Waals surface area contributed by atoms with Gasteiger partial charge < -0.3 is 5.11 Å². The molecule has 0 aliphatic carbocycles. The van der Waals surface area contributed by atoms with Crippen LogP contribution in [0.2, 0.25) is 0 Å². The molecule has 0 spiro atoms. The van der Waals surface area contributed by atoms with Crippen molar-refractivity contribution in [1.29, 1.82) is 0 Å². The maximum absolute atomic E-state index is 7.00. The molecule has 2 aromatic carbocycles. The average molecular weight is 288 g/mol. The molecule has 0 saturated heterocycles. The zero-order valence-electron chi connectivity index (χ0n) is 12.6. The lowest BCUT2D eigenvalue weighted by molar-refractivity contribution is 0.399. The molecule has 1 N–H and O–H groups in total. The van der Waals surface area contributed by atoms with Gasteiger partial charge >= 0.3 is 0 Å². The monoisotopic (exact) mass is 288 g/mol. The predicted molar refractivity (Wildman–Crippen MR) is 88.5 cm³/mol. The van der Waals surface area contributed by atoms with Crippen LogP contribution in [0.5, 0.6) is 0 Å². The Morgan fingerprint density at radius 1 is 0.900 bits per heavy atom. The van der Waals surface area contributed by atoms with Gasteiger partial charge in [0.25, 0.3) is 0 Å². The first-order chi connectivity index (χ1) is 9.83. The van der Waals surface area contributed by atoms with E-state index in [9.17, 15) is 0 Å². The molecule has 0 bridgehead atoms. The Balaban J connectivity index is 0.000000956. The highest BCUT2D eigenvalue weighted by atomic mass is 32.2. The SMILES string of the molecule is CCCc1ccccc1Sc1ccc(CC)cc1.CO. The molecule has 2 aromatic rings. The summed E-state index contributed by atoms with van der Waals surface area (Å²) in [5.41, 5.74) is 2.87. The minimum absolute atomic E-state index is 1.00. The van der Waals surface area contributed by atoms with E-state index in [1.807, 2.05) is 11.8 Å². The maximum Gasteiger partial charge on any atom is 0.0319 e. The zero-order chi connectivity index (χ0) is 14.8. The van der Waals surface area contributed by atoms with Gasteiger partial charge in [-0.15, -0.1) is 0 Å². The van der Waals surface area contributed by atoms with E-state index in [1.54, 1.807) is 0 Å². The first-order valence-electron chi connectivity index (χ1n) is 7.13.